The molecule has 5 nitrogen and oxygen atoms in total. The predicted octanol–water partition coefficient (Wildman–Crippen LogP) is 6.34. The molecule has 0 bridgehead atoms. The lowest BCUT2D eigenvalue weighted by atomic mass is 10.1. The van der Waals surface area contributed by atoms with Crippen molar-refractivity contribution in [3.8, 4) is 5.82 Å². The Morgan fingerprint density at radius 1 is 1.03 bits per heavy atom. The second-order valence-corrected chi connectivity index (χ2v) is 8.69. The number of aryl methyl sites for hydroxylation is 2. The molecular formula is C26H26F2N4O. The SMILES string of the molecule is Cc1cccnc1-n1c(C)cc(/C=C/c2nc3cc(N4CCC(F)(F)CC4)ccc3o2)c1C. The van der Waals surface area contributed by atoms with Crippen molar-refractivity contribution in [2.75, 3.05) is 18.0 Å². The van der Waals surface area contributed by atoms with Gasteiger partial charge in [-0.2, -0.15) is 0 Å². The molecule has 0 N–H and O–H groups in total. The van der Waals surface area contributed by atoms with Crippen molar-refractivity contribution in [3.05, 3.63) is 71.0 Å². The Hall–Kier alpha value is -3.48. The fourth-order valence-corrected chi connectivity index (χ4v) is 4.45. The lowest BCUT2D eigenvalue weighted by molar-refractivity contribution is -0.0220. The molecule has 0 unspecified atom stereocenters. The third-order valence-electron chi connectivity index (χ3n) is 6.32. The molecule has 1 aliphatic rings. The van der Waals surface area contributed by atoms with Crippen LogP contribution < -0.4 is 4.90 Å². The molecule has 4 heterocycles. The molecule has 0 radical (unpaired) electrons. The van der Waals surface area contributed by atoms with Crippen molar-refractivity contribution < 1.29 is 13.2 Å². The van der Waals surface area contributed by atoms with E-state index in [2.05, 4.69) is 47.4 Å². The number of fused-ring (bicyclic) bond motifs is 1. The van der Waals surface area contributed by atoms with Crippen LogP contribution in [0, 0.1) is 20.8 Å². The Morgan fingerprint density at radius 3 is 2.58 bits per heavy atom. The van der Waals surface area contributed by atoms with E-state index in [4.69, 9.17) is 4.42 Å². The topological polar surface area (TPSA) is 47.1 Å². The summed E-state index contributed by atoms with van der Waals surface area (Å²) in [5.74, 6) is -1.12. The van der Waals surface area contributed by atoms with Gasteiger partial charge in [-0.25, -0.2) is 18.7 Å². The molecule has 7 heteroatoms. The summed E-state index contributed by atoms with van der Waals surface area (Å²) >= 11 is 0. The molecule has 3 aromatic heterocycles. The average molecular weight is 449 g/mol. The first kappa shape index (κ1) is 21.4. The van der Waals surface area contributed by atoms with Crippen LogP contribution in [0.3, 0.4) is 0 Å². The van der Waals surface area contributed by atoms with E-state index >= 15 is 0 Å². The standard InChI is InChI=1S/C26H26F2N4O/c1-17-5-4-12-29-25(17)32-18(2)15-20(19(32)3)6-9-24-30-22-16-21(7-8-23(22)33-24)31-13-10-26(27,28)11-14-31/h4-9,12,15-16H,10-11,13-14H2,1-3H3/b9-6+. The van der Waals surface area contributed by atoms with Crippen LogP contribution in [0.25, 0.3) is 29.1 Å². The monoisotopic (exact) mass is 448 g/mol. The van der Waals surface area contributed by atoms with E-state index in [0.29, 0.717) is 24.6 Å². The van der Waals surface area contributed by atoms with Gasteiger partial charge in [0, 0.05) is 55.3 Å². The van der Waals surface area contributed by atoms with E-state index in [1.807, 2.05) is 41.3 Å². The normalized spacial score (nSPS) is 16.2. The number of aromatic nitrogens is 3. The molecule has 0 amide bonds. The lowest BCUT2D eigenvalue weighted by Gasteiger charge is -2.33. The van der Waals surface area contributed by atoms with Crippen molar-refractivity contribution >= 4 is 28.9 Å². The van der Waals surface area contributed by atoms with Gasteiger partial charge in [-0.15, -0.1) is 0 Å². The summed E-state index contributed by atoms with van der Waals surface area (Å²) in [6.07, 6.45) is 5.43. The van der Waals surface area contributed by atoms with Gasteiger partial charge in [0.15, 0.2) is 5.58 Å². The van der Waals surface area contributed by atoms with Crippen LogP contribution in [-0.2, 0) is 0 Å². The number of hydrogen-bond acceptors (Lipinski definition) is 4. The van der Waals surface area contributed by atoms with Crippen LogP contribution in [0.1, 0.15) is 41.2 Å². The minimum absolute atomic E-state index is 0.117. The van der Waals surface area contributed by atoms with Gasteiger partial charge in [-0.1, -0.05) is 6.07 Å². The number of piperidine rings is 1. The molecule has 0 atom stereocenters. The molecule has 0 aliphatic carbocycles. The Bertz CT molecular complexity index is 1340. The zero-order valence-corrected chi connectivity index (χ0v) is 19.0. The summed E-state index contributed by atoms with van der Waals surface area (Å²) in [6.45, 7) is 6.87. The molecule has 170 valence electrons. The largest absolute Gasteiger partial charge is 0.437 e. The minimum Gasteiger partial charge on any atom is -0.437 e. The van der Waals surface area contributed by atoms with Gasteiger partial charge in [0.25, 0.3) is 5.92 Å². The Balaban J connectivity index is 1.39. The number of hydrogen-bond donors (Lipinski definition) is 0. The van der Waals surface area contributed by atoms with Crippen molar-refractivity contribution in [2.45, 2.75) is 39.5 Å². The average Bonchev–Trinajstić information content (AvgIpc) is 3.32. The summed E-state index contributed by atoms with van der Waals surface area (Å²) in [5.41, 5.74) is 6.66. The van der Waals surface area contributed by atoms with Crippen molar-refractivity contribution in [1.82, 2.24) is 14.5 Å². The number of nitrogens with zero attached hydrogens (tertiary/aromatic N) is 4. The second-order valence-electron chi connectivity index (χ2n) is 8.69. The van der Waals surface area contributed by atoms with Crippen molar-refractivity contribution in [3.63, 3.8) is 0 Å². The molecule has 5 rings (SSSR count). The second kappa shape index (κ2) is 8.14. The zero-order valence-electron chi connectivity index (χ0n) is 19.0. The number of rotatable bonds is 4. The number of anilines is 1. The molecule has 1 fully saturated rings. The Kier molecular flexibility index (Phi) is 5.27. The van der Waals surface area contributed by atoms with Crippen LogP contribution in [-0.4, -0.2) is 33.5 Å². The summed E-state index contributed by atoms with van der Waals surface area (Å²) in [6, 6.07) is 11.8. The minimum atomic E-state index is -2.56. The lowest BCUT2D eigenvalue weighted by Crippen LogP contribution is -2.39. The molecule has 1 saturated heterocycles. The maximum Gasteiger partial charge on any atom is 0.251 e. The fraction of sp³-hybridized carbons (Fsp3) is 0.308. The third kappa shape index (κ3) is 4.15. The highest BCUT2D eigenvalue weighted by Crippen LogP contribution is 2.32. The number of halogens is 2. The maximum absolute atomic E-state index is 13.5. The first-order valence-electron chi connectivity index (χ1n) is 11.1. The summed E-state index contributed by atoms with van der Waals surface area (Å²) < 4.78 is 35.0. The number of pyridine rings is 1. The fourth-order valence-electron chi connectivity index (χ4n) is 4.45. The van der Waals surface area contributed by atoms with Crippen LogP contribution in [0.4, 0.5) is 14.5 Å². The first-order chi connectivity index (χ1) is 15.8. The van der Waals surface area contributed by atoms with E-state index < -0.39 is 5.92 Å². The van der Waals surface area contributed by atoms with Gasteiger partial charge in [-0.3, -0.25) is 0 Å². The molecule has 4 aromatic rings. The van der Waals surface area contributed by atoms with Gasteiger partial charge in [-0.05, 0) is 68.3 Å². The van der Waals surface area contributed by atoms with Gasteiger partial charge >= 0.3 is 0 Å². The number of benzene rings is 1. The van der Waals surface area contributed by atoms with Crippen molar-refractivity contribution in [2.24, 2.45) is 0 Å². The molecule has 1 aliphatic heterocycles. The number of alkyl halides is 2. The molecule has 0 saturated carbocycles. The van der Waals surface area contributed by atoms with Gasteiger partial charge in [0.2, 0.25) is 5.89 Å². The quantitative estimate of drug-likeness (QED) is 0.365. The molecular weight excluding hydrogens is 422 g/mol. The summed E-state index contributed by atoms with van der Waals surface area (Å²) in [5, 5.41) is 0. The van der Waals surface area contributed by atoms with E-state index in [9.17, 15) is 8.78 Å². The third-order valence-corrected chi connectivity index (χ3v) is 6.32. The summed E-state index contributed by atoms with van der Waals surface area (Å²) in [7, 11) is 0. The highest BCUT2D eigenvalue weighted by atomic mass is 19.3. The van der Waals surface area contributed by atoms with E-state index in [1.54, 1.807) is 6.20 Å². The van der Waals surface area contributed by atoms with E-state index in [1.165, 1.54) is 0 Å². The molecule has 1 aromatic carbocycles. The highest BCUT2D eigenvalue weighted by Gasteiger charge is 2.34. The van der Waals surface area contributed by atoms with Crippen LogP contribution in [0.15, 0.2) is 47.0 Å². The van der Waals surface area contributed by atoms with Crippen molar-refractivity contribution in [1.29, 1.82) is 0 Å². The van der Waals surface area contributed by atoms with Crippen LogP contribution >= 0.6 is 0 Å². The van der Waals surface area contributed by atoms with Crippen LogP contribution in [0.2, 0.25) is 0 Å². The Morgan fingerprint density at radius 2 is 1.82 bits per heavy atom. The van der Waals surface area contributed by atoms with Gasteiger partial charge in [0.1, 0.15) is 11.3 Å². The van der Waals surface area contributed by atoms with Gasteiger partial charge < -0.3 is 13.9 Å². The first-order valence-corrected chi connectivity index (χ1v) is 11.1. The zero-order chi connectivity index (χ0) is 23.2. The smallest absolute Gasteiger partial charge is 0.251 e. The highest BCUT2D eigenvalue weighted by molar-refractivity contribution is 5.80. The Labute approximate surface area is 191 Å². The van der Waals surface area contributed by atoms with Gasteiger partial charge in [0.05, 0.1) is 0 Å². The molecule has 0 spiro atoms. The van der Waals surface area contributed by atoms with E-state index in [0.717, 1.165) is 39.5 Å². The van der Waals surface area contributed by atoms with E-state index in [-0.39, 0.29) is 12.8 Å². The van der Waals surface area contributed by atoms with Crippen LogP contribution in [0.5, 0.6) is 0 Å². The maximum atomic E-state index is 13.5. The summed E-state index contributed by atoms with van der Waals surface area (Å²) in [4.78, 5) is 11.1. The molecule has 33 heavy (non-hydrogen) atoms. The number of oxazole rings is 1. The predicted molar refractivity (Wildman–Crippen MR) is 127 cm³/mol.